The van der Waals surface area contributed by atoms with Gasteiger partial charge in [0.25, 0.3) is 0 Å². The van der Waals surface area contributed by atoms with Gasteiger partial charge in [0.2, 0.25) is 11.8 Å². The van der Waals surface area contributed by atoms with Crippen LogP contribution in [0.15, 0.2) is 269 Å². The Morgan fingerprint density at radius 1 is 0.371 bits per heavy atom. The normalized spacial score (nSPS) is 15.2. The Morgan fingerprint density at radius 3 is 0.957 bits per heavy atom. The number of nitrogens with two attached hydrogens (primary N) is 4. The molecule has 14 N–H and O–H groups in total. The SMILES string of the molecule is C=CC(=O)N1CCC[C@@H](n2nc(-c3ccc(Oc4ccccc4)cc3)c3c(N)ncnc32)C1.C=CC(C)=O.CC(=O)N1CCC[C@@H](n2nc(C)c3c(N)ncnc32)C1.CC(C)=O.Cc1nn([C@@H]2CCCNC2)c2ncnc(N)c12.Nc1ncnc2c1c(-c1ccc(Oc3ccccc3)cc1)nn2[C@@H]1CCCNC1.OB(O)c1ccc(Oc2ccccc2)cc1.OB(O)c1ccc(Oc2ccccc2)cc1. The summed E-state index contributed by atoms with van der Waals surface area (Å²) in [5, 5.41) is 64.7. The van der Waals surface area contributed by atoms with Crippen molar-refractivity contribution in [3.8, 4) is 68.5 Å². The Balaban J connectivity index is 0.000000142. The number of likely N-dealkylation sites (tertiary alicyclic amines) is 2. The van der Waals surface area contributed by atoms with Gasteiger partial charge in [0.1, 0.15) is 112 Å². The van der Waals surface area contributed by atoms with E-state index in [1.54, 1.807) is 60.4 Å². The number of ketones is 2. The molecule has 8 aromatic carbocycles. The monoisotopic (exact) mass is 1890 g/mol. The molecule has 0 saturated carbocycles. The van der Waals surface area contributed by atoms with Crippen LogP contribution in [0, 0.1) is 13.8 Å². The topological polar surface area (TPSA) is 495 Å². The third kappa shape index (κ3) is 27.3. The Kier molecular flexibility index (Phi) is 36.0. The predicted octanol–water partition coefficient (Wildman–Crippen LogP) is 13.2. The lowest BCUT2D eigenvalue weighted by atomic mass is 9.80. The van der Waals surface area contributed by atoms with Crippen LogP contribution in [0.3, 0.4) is 0 Å². The lowest BCUT2D eigenvalue weighted by molar-refractivity contribution is -0.130. The molecule has 4 atom stereocenters. The predicted molar refractivity (Wildman–Crippen MR) is 543 cm³/mol. The summed E-state index contributed by atoms with van der Waals surface area (Å²) in [6.07, 6.45) is 16.8. The standard InChI is InChI=1S/C25H24N6O2.C22H22N6O.C13H18N6O.2C12H11BO3.C11H16N6.C4H6O.C3H6O/c1-2-21(32)30-14-6-7-18(15-30)31-25-22(24(26)27-16-28-25)23(29-31)17-10-12-20(13-11-17)33-19-8-4-3-5-9-19;23-21-19-20(15-8-10-18(11-9-15)29-17-6-2-1-3-7-17)27-28(22(19)26-14-25-21)16-5-4-12-24-13-16;1-8-11-12(14)15-7-16-13(11)19(17-8)10-4-3-5-18(6-10)9(2)20;2*14-13(15)10-6-8-12(9-7-10)16-11-4-2-1-3-5-11;1-7-9-10(12)14-6-15-11(9)17(16-7)8-3-2-4-13-5-8;1-3-4(2)5;1-3(2)4/h2-5,8-13,16,18H,1,6-7,14-15H2,(H2,26,27,28);1-3,6-11,14,16,24H,4-5,12-13H2,(H2,23,25,26);7,10H,3-6H2,1-2H3,(H2,14,15,16);2*1-9,14-15H;6,8,13H,2-5H2,1H3,(H2,12,14,15);3H,1H2,2H3;1-2H3/t18-;16-;10-;;;8-;;/m111..1../s1. The molecule has 20 rings (SSSR count). The average Bonchev–Trinajstić information content (AvgIpc) is 1.62. The Morgan fingerprint density at radius 2 is 0.650 bits per heavy atom. The van der Waals surface area contributed by atoms with Gasteiger partial charge < -0.3 is 87.2 Å². The van der Waals surface area contributed by atoms with Crippen LogP contribution in [0.4, 0.5) is 23.3 Å². The summed E-state index contributed by atoms with van der Waals surface area (Å²) in [5.74, 6) is 7.91. The fourth-order valence-electron chi connectivity index (χ4n) is 16.0. The van der Waals surface area contributed by atoms with Crippen LogP contribution in [-0.2, 0) is 19.2 Å². The zero-order chi connectivity index (χ0) is 99.1. The van der Waals surface area contributed by atoms with Gasteiger partial charge in [-0.2, -0.15) is 20.4 Å². The number of fused-ring (bicyclic) bond motifs is 4. The van der Waals surface area contributed by atoms with E-state index in [-0.39, 0.29) is 41.5 Å². The minimum Gasteiger partial charge on any atom is -0.457 e. The molecule has 8 aromatic heterocycles. The first kappa shape index (κ1) is 101. The minimum absolute atomic E-state index is 0.00566. The highest BCUT2D eigenvalue weighted by Crippen LogP contribution is 2.39. The first-order valence-electron chi connectivity index (χ1n) is 45.9. The smallest absolute Gasteiger partial charge is 0.457 e. The largest absolute Gasteiger partial charge is 0.488 e. The number of carbonyl (C=O) groups excluding carboxylic acids is 4. The van der Waals surface area contributed by atoms with E-state index < -0.39 is 14.2 Å². The third-order valence-electron chi connectivity index (χ3n) is 22.9. The second kappa shape index (κ2) is 49.7. The van der Waals surface area contributed by atoms with Gasteiger partial charge in [0.15, 0.2) is 28.4 Å². The summed E-state index contributed by atoms with van der Waals surface area (Å²) in [5.41, 5.74) is 33.3. The van der Waals surface area contributed by atoms with E-state index in [0.29, 0.717) is 88.1 Å². The maximum absolute atomic E-state index is 12.2. The molecule has 4 saturated heterocycles. The molecular weight excluding hydrogens is 1770 g/mol. The number of nitrogen functional groups attached to an aromatic ring is 4. The van der Waals surface area contributed by atoms with Gasteiger partial charge in [0.05, 0.1) is 57.1 Å². The van der Waals surface area contributed by atoms with E-state index in [2.05, 4.69) is 73.9 Å². The van der Waals surface area contributed by atoms with Gasteiger partial charge in [-0.05, 0) is 243 Å². The van der Waals surface area contributed by atoms with Gasteiger partial charge in [0, 0.05) is 57.3 Å². The third-order valence-corrected chi connectivity index (χ3v) is 22.9. The molecule has 36 nitrogen and oxygen atoms in total. The van der Waals surface area contributed by atoms with Crippen molar-refractivity contribution in [3.63, 3.8) is 0 Å². The van der Waals surface area contributed by atoms with E-state index in [1.807, 2.05) is 207 Å². The van der Waals surface area contributed by atoms with Crippen LogP contribution < -0.4 is 63.4 Å². The molecule has 0 spiro atoms. The van der Waals surface area contributed by atoms with E-state index >= 15 is 0 Å². The number of rotatable bonds is 18. The fraction of sp³-hybridized carbons (Fsp3) is 0.255. The van der Waals surface area contributed by atoms with Crippen LogP contribution in [-0.4, -0.2) is 199 Å². The fourth-order valence-corrected chi connectivity index (χ4v) is 16.0. The first-order valence-corrected chi connectivity index (χ1v) is 45.9. The van der Waals surface area contributed by atoms with Gasteiger partial charge in [-0.3, -0.25) is 14.4 Å². The molecule has 140 heavy (non-hydrogen) atoms. The number of para-hydroxylation sites is 4. The Labute approximate surface area is 810 Å². The molecule has 4 aliphatic heterocycles. The summed E-state index contributed by atoms with van der Waals surface area (Å²) >= 11 is 0. The number of ether oxygens (including phenoxy) is 4. The lowest BCUT2D eigenvalue weighted by Gasteiger charge is -2.32. The summed E-state index contributed by atoms with van der Waals surface area (Å²) in [6.45, 7) is 23.5. The number of aromatic nitrogens is 16. The van der Waals surface area contributed by atoms with Crippen molar-refractivity contribution in [1.29, 1.82) is 0 Å². The number of nitrogens with zero attached hydrogens (tertiary/aromatic N) is 18. The van der Waals surface area contributed by atoms with Gasteiger partial charge in [-0.15, -0.1) is 0 Å². The van der Waals surface area contributed by atoms with Crippen LogP contribution >= 0.6 is 0 Å². The zero-order valence-corrected chi connectivity index (χ0v) is 78.9. The highest BCUT2D eigenvalue weighted by molar-refractivity contribution is 6.59. The number of hydrogen-bond donors (Lipinski definition) is 10. The summed E-state index contributed by atoms with van der Waals surface area (Å²) in [7, 11) is -2.88. The minimum atomic E-state index is -1.44. The van der Waals surface area contributed by atoms with Crippen molar-refractivity contribution < 1.29 is 58.2 Å². The number of Topliss-reactive ketones (excluding diaryl/α,β-unsaturated/α-hetero) is 1. The molecule has 0 bridgehead atoms. The number of hydrogen-bond acceptors (Lipinski definition) is 30. The molecule has 4 fully saturated rings. The molecule has 38 heteroatoms. The van der Waals surface area contributed by atoms with Gasteiger partial charge >= 0.3 is 14.2 Å². The van der Waals surface area contributed by atoms with E-state index in [9.17, 15) is 19.2 Å². The Bertz CT molecular complexity index is 6690. The molecule has 0 aliphatic carbocycles. The second-order valence-electron chi connectivity index (χ2n) is 33.3. The van der Waals surface area contributed by atoms with E-state index in [4.69, 9.17) is 72.2 Å². The maximum atomic E-state index is 12.2. The van der Waals surface area contributed by atoms with Crippen molar-refractivity contribution in [1.82, 2.24) is 99.4 Å². The Hall–Kier alpha value is -16.0. The number of aryl methyl sites for hydroxylation is 2. The molecule has 12 heterocycles. The van der Waals surface area contributed by atoms with Crippen LogP contribution in [0.2, 0.25) is 0 Å². The van der Waals surface area contributed by atoms with Crippen molar-refractivity contribution in [2.75, 3.05) is 75.3 Å². The molecular formula is C102H114B2N24O12. The second-order valence-corrected chi connectivity index (χ2v) is 33.3. The van der Waals surface area contributed by atoms with Crippen LogP contribution in [0.1, 0.15) is 115 Å². The molecule has 16 aromatic rings. The van der Waals surface area contributed by atoms with Crippen LogP contribution in [0.5, 0.6) is 46.0 Å². The number of benzene rings is 8. The number of anilines is 4. The first-order chi connectivity index (χ1) is 67.8. The number of piperidine rings is 4. The van der Waals surface area contributed by atoms with Crippen LogP contribution in [0.25, 0.3) is 66.6 Å². The van der Waals surface area contributed by atoms with Crippen molar-refractivity contribution in [3.05, 3.63) is 280 Å². The van der Waals surface area contributed by atoms with E-state index in [0.717, 1.165) is 173 Å². The van der Waals surface area contributed by atoms with E-state index in [1.165, 1.54) is 64.7 Å². The van der Waals surface area contributed by atoms with Gasteiger partial charge in [-0.25, -0.2) is 58.6 Å². The molecule has 2 amide bonds. The van der Waals surface area contributed by atoms with Crippen molar-refractivity contribution in [2.24, 2.45) is 0 Å². The average molecular weight is 1890 g/mol. The molecule has 0 unspecified atom stereocenters. The highest BCUT2D eigenvalue weighted by atomic mass is 16.5. The summed E-state index contributed by atoms with van der Waals surface area (Å²) < 4.78 is 30.7. The number of carbonyl (C=O) groups is 4. The zero-order valence-electron chi connectivity index (χ0n) is 78.9. The van der Waals surface area contributed by atoms with Crippen molar-refractivity contribution >= 4 is 116 Å². The summed E-state index contributed by atoms with van der Waals surface area (Å²) in [6, 6.07) is 67.8. The lowest BCUT2D eigenvalue weighted by Crippen LogP contribution is -2.40. The highest BCUT2D eigenvalue weighted by Gasteiger charge is 2.31. The van der Waals surface area contributed by atoms with Gasteiger partial charge in [-0.1, -0.05) is 110 Å². The molecule has 720 valence electrons. The molecule has 0 radical (unpaired) electrons. The number of nitrogens with one attached hydrogen (secondary N) is 2. The number of amides is 2. The maximum Gasteiger partial charge on any atom is 0.488 e. The molecule has 4 aliphatic rings. The summed E-state index contributed by atoms with van der Waals surface area (Å²) in [4.78, 5) is 80.6. The number of allylic oxidation sites excluding steroid dienone is 1. The van der Waals surface area contributed by atoms with Crippen molar-refractivity contribution in [2.45, 2.75) is 117 Å². The quantitative estimate of drug-likeness (QED) is 0.0282.